The molecule has 0 amide bonds. The highest BCUT2D eigenvalue weighted by Crippen LogP contribution is 2.35. The van der Waals surface area contributed by atoms with Gasteiger partial charge in [0, 0.05) is 18.0 Å². The van der Waals surface area contributed by atoms with Crippen molar-refractivity contribution in [2.45, 2.75) is 52.4 Å². The standard InChI is InChI=1S/C24H33NO6/c1-3-28-23(26)20(24(27)29-4-2)14-25-19-11-12-21(30-15-17-7-5-8-17)22(13-19)31-16-18-9-6-10-18/h11-14,17-18,25H,3-10,15-16H2,1-2H3. The van der Waals surface area contributed by atoms with Crippen LogP contribution in [0.1, 0.15) is 52.4 Å². The molecule has 0 aliphatic heterocycles. The van der Waals surface area contributed by atoms with Crippen LogP contribution in [-0.4, -0.2) is 38.4 Å². The number of rotatable bonds is 12. The van der Waals surface area contributed by atoms with Gasteiger partial charge in [0.2, 0.25) is 0 Å². The van der Waals surface area contributed by atoms with E-state index in [-0.39, 0.29) is 18.8 Å². The van der Waals surface area contributed by atoms with E-state index in [4.69, 9.17) is 18.9 Å². The summed E-state index contributed by atoms with van der Waals surface area (Å²) in [6.07, 6.45) is 8.67. The average Bonchev–Trinajstić information content (AvgIpc) is 2.67. The SMILES string of the molecule is CCOC(=O)C(=CNc1ccc(OCC2CCC2)c(OCC2CCC2)c1)C(=O)OCC. The van der Waals surface area contributed by atoms with E-state index in [9.17, 15) is 9.59 Å². The second-order valence-corrected chi connectivity index (χ2v) is 8.02. The summed E-state index contributed by atoms with van der Waals surface area (Å²) in [4.78, 5) is 24.3. The molecule has 3 rings (SSSR count). The lowest BCUT2D eigenvalue weighted by molar-refractivity contribution is -0.146. The van der Waals surface area contributed by atoms with Crippen LogP contribution in [0.2, 0.25) is 0 Å². The van der Waals surface area contributed by atoms with Crippen molar-refractivity contribution in [1.29, 1.82) is 0 Å². The van der Waals surface area contributed by atoms with Gasteiger partial charge < -0.3 is 24.3 Å². The lowest BCUT2D eigenvalue weighted by Gasteiger charge is -2.27. The summed E-state index contributed by atoms with van der Waals surface area (Å²) in [5.74, 6) is 1.15. The third kappa shape index (κ3) is 6.64. The van der Waals surface area contributed by atoms with E-state index in [2.05, 4.69) is 5.32 Å². The molecule has 0 saturated heterocycles. The third-order valence-electron chi connectivity index (χ3n) is 5.72. The van der Waals surface area contributed by atoms with Crippen LogP contribution >= 0.6 is 0 Å². The molecule has 0 bridgehead atoms. The molecule has 0 spiro atoms. The number of carbonyl (C=O) groups excluding carboxylic acids is 2. The summed E-state index contributed by atoms with van der Waals surface area (Å²) in [6, 6.07) is 5.52. The number of carbonyl (C=O) groups is 2. The molecule has 0 aromatic heterocycles. The highest BCUT2D eigenvalue weighted by Gasteiger charge is 2.22. The van der Waals surface area contributed by atoms with Gasteiger partial charge in [0.1, 0.15) is 0 Å². The third-order valence-corrected chi connectivity index (χ3v) is 5.72. The molecule has 1 N–H and O–H groups in total. The number of benzene rings is 1. The van der Waals surface area contributed by atoms with Crippen LogP contribution in [0.25, 0.3) is 0 Å². The molecule has 1 aromatic rings. The van der Waals surface area contributed by atoms with E-state index in [0.29, 0.717) is 36.5 Å². The van der Waals surface area contributed by atoms with Crippen molar-refractivity contribution >= 4 is 17.6 Å². The van der Waals surface area contributed by atoms with Crippen molar-refractivity contribution < 1.29 is 28.5 Å². The lowest BCUT2D eigenvalue weighted by atomic mass is 9.86. The predicted octanol–water partition coefficient (Wildman–Crippen LogP) is 4.47. The minimum atomic E-state index is -0.727. The predicted molar refractivity (Wildman–Crippen MR) is 117 cm³/mol. The normalized spacial score (nSPS) is 15.8. The van der Waals surface area contributed by atoms with Gasteiger partial charge in [-0.15, -0.1) is 0 Å². The fraction of sp³-hybridized carbons (Fsp3) is 0.583. The van der Waals surface area contributed by atoms with Crippen molar-refractivity contribution in [3.8, 4) is 11.5 Å². The van der Waals surface area contributed by atoms with Gasteiger partial charge in [-0.25, -0.2) is 9.59 Å². The molecule has 2 saturated carbocycles. The summed E-state index contributed by atoms with van der Waals surface area (Å²) < 4.78 is 22.0. The molecule has 0 heterocycles. The first-order valence-electron chi connectivity index (χ1n) is 11.3. The number of esters is 2. The Balaban J connectivity index is 1.72. The molecule has 170 valence electrons. The maximum absolute atomic E-state index is 12.1. The first kappa shape index (κ1) is 23.0. The van der Waals surface area contributed by atoms with Crippen LogP contribution in [-0.2, 0) is 19.1 Å². The van der Waals surface area contributed by atoms with Gasteiger partial charge in [-0.3, -0.25) is 0 Å². The summed E-state index contributed by atoms with van der Waals surface area (Å²) >= 11 is 0. The van der Waals surface area contributed by atoms with Crippen molar-refractivity contribution in [3.63, 3.8) is 0 Å². The van der Waals surface area contributed by atoms with Gasteiger partial charge in [0.25, 0.3) is 0 Å². The van der Waals surface area contributed by atoms with Crippen LogP contribution in [0.3, 0.4) is 0 Å². The minimum Gasteiger partial charge on any atom is -0.489 e. The van der Waals surface area contributed by atoms with Gasteiger partial charge in [-0.1, -0.05) is 12.8 Å². The van der Waals surface area contributed by atoms with Gasteiger partial charge in [0.05, 0.1) is 26.4 Å². The fourth-order valence-electron chi connectivity index (χ4n) is 3.34. The molecule has 2 aliphatic rings. The van der Waals surface area contributed by atoms with Gasteiger partial charge >= 0.3 is 11.9 Å². The Morgan fingerprint density at radius 2 is 1.45 bits per heavy atom. The lowest BCUT2D eigenvalue weighted by Crippen LogP contribution is -2.21. The van der Waals surface area contributed by atoms with Crippen LogP contribution in [0, 0.1) is 11.8 Å². The molecule has 7 heteroatoms. The Morgan fingerprint density at radius 1 is 0.903 bits per heavy atom. The van der Waals surface area contributed by atoms with E-state index >= 15 is 0 Å². The number of nitrogens with one attached hydrogen (secondary N) is 1. The molecular weight excluding hydrogens is 398 g/mol. The smallest absolute Gasteiger partial charge is 0.347 e. The number of anilines is 1. The minimum absolute atomic E-state index is 0.168. The number of hydrogen-bond donors (Lipinski definition) is 1. The summed E-state index contributed by atoms with van der Waals surface area (Å²) in [6.45, 7) is 5.06. The van der Waals surface area contributed by atoms with Crippen LogP contribution < -0.4 is 14.8 Å². The van der Waals surface area contributed by atoms with E-state index < -0.39 is 11.9 Å². The highest BCUT2D eigenvalue weighted by molar-refractivity contribution is 6.14. The molecule has 0 unspecified atom stereocenters. The second kappa shape index (κ2) is 11.6. The van der Waals surface area contributed by atoms with Crippen LogP contribution in [0.15, 0.2) is 30.0 Å². The first-order valence-corrected chi connectivity index (χ1v) is 11.3. The Hall–Kier alpha value is -2.70. The van der Waals surface area contributed by atoms with Crippen molar-refractivity contribution in [2.75, 3.05) is 31.7 Å². The second-order valence-electron chi connectivity index (χ2n) is 8.02. The molecule has 2 aliphatic carbocycles. The Labute approximate surface area is 184 Å². The van der Waals surface area contributed by atoms with Crippen molar-refractivity contribution in [2.24, 2.45) is 11.8 Å². The summed E-state index contributed by atoms with van der Waals surface area (Å²) in [7, 11) is 0. The zero-order valence-electron chi connectivity index (χ0n) is 18.5. The highest BCUT2D eigenvalue weighted by atomic mass is 16.6. The molecule has 0 atom stereocenters. The molecule has 1 aromatic carbocycles. The quantitative estimate of drug-likeness (QED) is 0.226. The van der Waals surface area contributed by atoms with E-state index in [1.807, 2.05) is 18.2 Å². The molecule has 7 nitrogen and oxygen atoms in total. The zero-order chi connectivity index (χ0) is 22.1. The van der Waals surface area contributed by atoms with Gasteiger partial charge in [0.15, 0.2) is 17.1 Å². The zero-order valence-corrected chi connectivity index (χ0v) is 18.5. The van der Waals surface area contributed by atoms with Crippen molar-refractivity contribution in [1.82, 2.24) is 0 Å². The van der Waals surface area contributed by atoms with Crippen LogP contribution in [0.4, 0.5) is 5.69 Å². The summed E-state index contributed by atoms with van der Waals surface area (Å²) in [5.41, 5.74) is 0.483. The Kier molecular flexibility index (Phi) is 8.62. The van der Waals surface area contributed by atoms with Crippen LogP contribution in [0.5, 0.6) is 11.5 Å². The van der Waals surface area contributed by atoms with E-state index in [0.717, 1.165) is 5.75 Å². The summed E-state index contributed by atoms with van der Waals surface area (Å²) in [5, 5.41) is 2.99. The average molecular weight is 432 g/mol. The Morgan fingerprint density at radius 3 is 1.94 bits per heavy atom. The number of hydrogen-bond acceptors (Lipinski definition) is 7. The van der Waals surface area contributed by atoms with Gasteiger partial charge in [-0.2, -0.15) is 0 Å². The molecule has 0 radical (unpaired) electrons. The van der Waals surface area contributed by atoms with E-state index in [1.165, 1.54) is 44.7 Å². The fourth-order valence-corrected chi connectivity index (χ4v) is 3.34. The van der Waals surface area contributed by atoms with E-state index in [1.54, 1.807) is 13.8 Å². The Bertz CT molecular complexity index is 762. The van der Waals surface area contributed by atoms with Gasteiger partial charge in [-0.05, 0) is 63.5 Å². The van der Waals surface area contributed by atoms with Crippen molar-refractivity contribution in [3.05, 3.63) is 30.0 Å². The monoisotopic (exact) mass is 431 g/mol. The molecule has 2 fully saturated rings. The number of ether oxygens (including phenoxy) is 4. The maximum atomic E-state index is 12.1. The maximum Gasteiger partial charge on any atom is 0.347 e. The molecular formula is C24H33NO6. The topological polar surface area (TPSA) is 83.1 Å². The molecule has 31 heavy (non-hydrogen) atoms. The first-order chi connectivity index (χ1) is 15.1. The largest absolute Gasteiger partial charge is 0.489 e.